The summed E-state index contributed by atoms with van der Waals surface area (Å²) in [7, 11) is -3.39. The zero-order valence-electron chi connectivity index (χ0n) is 14.7. The highest BCUT2D eigenvalue weighted by Gasteiger charge is 2.22. The number of rotatable bonds is 4. The molecule has 0 amide bonds. The van der Waals surface area contributed by atoms with Crippen molar-refractivity contribution in [3.05, 3.63) is 58.6 Å². The van der Waals surface area contributed by atoms with Gasteiger partial charge in [0.2, 0.25) is 15.0 Å². The largest absolute Gasteiger partial charge is 0.339 e. The average Bonchev–Trinajstić information content (AvgIpc) is 3.02. The first-order valence-electron chi connectivity index (χ1n) is 8.47. The Morgan fingerprint density at radius 1 is 1.22 bits per heavy atom. The molecule has 0 spiro atoms. The summed E-state index contributed by atoms with van der Waals surface area (Å²) in [6.45, 7) is 2.00. The number of aromatic nitrogens is 4. The van der Waals surface area contributed by atoms with Crippen molar-refractivity contribution in [3.63, 3.8) is 0 Å². The third kappa shape index (κ3) is 3.87. The maximum Gasteiger partial charge on any atom is 0.246 e. The zero-order chi connectivity index (χ0) is 19.0. The van der Waals surface area contributed by atoms with E-state index in [1.165, 1.54) is 0 Å². The highest BCUT2D eigenvalue weighted by atomic mass is 35.5. The van der Waals surface area contributed by atoms with E-state index >= 15 is 0 Å². The molecule has 0 aliphatic carbocycles. The van der Waals surface area contributed by atoms with Gasteiger partial charge in [-0.1, -0.05) is 41.9 Å². The van der Waals surface area contributed by atoms with Crippen molar-refractivity contribution in [1.29, 1.82) is 0 Å². The number of sulfone groups is 1. The van der Waals surface area contributed by atoms with Gasteiger partial charge in [-0.05, 0) is 0 Å². The van der Waals surface area contributed by atoms with Crippen LogP contribution in [0.25, 0.3) is 11.4 Å². The quantitative estimate of drug-likeness (QED) is 0.673. The fourth-order valence-corrected chi connectivity index (χ4v) is 3.83. The standard InChI is InChI=1S/C18H18ClN5O2S/c1-27(25,26)18-20-9-13-10-24(8-7-14(13)22-18)11-15-16(19)23-17(21-15)12-5-3-2-4-6-12/h2-6,9H,7-8,10-11H2,1H3,(H,21,23). The summed E-state index contributed by atoms with van der Waals surface area (Å²) in [4.78, 5) is 18.1. The molecule has 0 saturated carbocycles. The summed E-state index contributed by atoms with van der Waals surface area (Å²) in [6, 6.07) is 9.83. The first-order chi connectivity index (χ1) is 12.9. The number of H-pyrrole nitrogens is 1. The molecule has 1 aliphatic rings. The molecule has 4 rings (SSSR count). The maximum absolute atomic E-state index is 11.6. The topological polar surface area (TPSA) is 91.8 Å². The summed E-state index contributed by atoms with van der Waals surface area (Å²) < 4.78 is 23.2. The first-order valence-corrected chi connectivity index (χ1v) is 10.7. The highest BCUT2D eigenvalue weighted by molar-refractivity contribution is 7.90. The fraction of sp³-hybridized carbons (Fsp3) is 0.278. The number of nitrogens with one attached hydrogen (secondary N) is 1. The van der Waals surface area contributed by atoms with E-state index in [1.807, 2.05) is 30.3 Å². The molecule has 140 valence electrons. The third-order valence-corrected chi connectivity index (χ3v) is 5.65. The molecule has 1 aromatic carbocycles. The molecule has 27 heavy (non-hydrogen) atoms. The molecule has 0 atom stereocenters. The minimum Gasteiger partial charge on any atom is -0.339 e. The van der Waals surface area contributed by atoms with E-state index in [2.05, 4.69) is 24.8 Å². The number of fused-ring (bicyclic) bond motifs is 1. The van der Waals surface area contributed by atoms with E-state index < -0.39 is 9.84 Å². The van der Waals surface area contributed by atoms with Gasteiger partial charge in [-0.25, -0.2) is 23.4 Å². The summed E-state index contributed by atoms with van der Waals surface area (Å²) in [5, 5.41) is 0.349. The van der Waals surface area contributed by atoms with Crippen LogP contribution in [0.3, 0.4) is 0 Å². The Labute approximate surface area is 162 Å². The number of benzene rings is 1. The number of hydrogen-bond donors (Lipinski definition) is 1. The monoisotopic (exact) mass is 403 g/mol. The van der Waals surface area contributed by atoms with Crippen LogP contribution in [0.4, 0.5) is 0 Å². The summed E-state index contributed by atoms with van der Waals surface area (Å²) in [5.41, 5.74) is 3.57. The SMILES string of the molecule is CS(=O)(=O)c1ncc2c(n1)CCN(Cc1[nH]c(-c3ccccc3)nc1Cl)C2. The molecule has 9 heteroatoms. The van der Waals surface area contributed by atoms with Crippen LogP contribution >= 0.6 is 11.6 Å². The molecule has 1 N–H and O–H groups in total. The van der Waals surface area contributed by atoms with Crippen LogP contribution in [0.1, 0.15) is 17.0 Å². The van der Waals surface area contributed by atoms with E-state index in [4.69, 9.17) is 11.6 Å². The van der Waals surface area contributed by atoms with Crippen molar-refractivity contribution in [2.24, 2.45) is 0 Å². The van der Waals surface area contributed by atoms with E-state index in [-0.39, 0.29) is 5.16 Å². The van der Waals surface area contributed by atoms with Crippen LogP contribution in [0.15, 0.2) is 41.7 Å². The average molecular weight is 404 g/mol. The molecule has 2 aromatic heterocycles. The van der Waals surface area contributed by atoms with Crippen molar-refractivity contribution in [1.82, 2.24) is 24.8 Å². The minimum absolute atomic E-state index is 0.112. The van der Waals surface area contributed by atoms with Crippen LogP contribution in [-0.4, -0.2) is 46.1 Å². The molecule has 0 saturated heterocycles. The van der Waals surface area contributed by atoms with Crippen LogP contribution in [0.2, 0.25) is 5.15 Å². The number of aromatic amines is 1. The van der Waals surface area contributed by atoms with Crippen molar-refractivity contribution in [3.8, 4) is 11.4 Å². The Hall–Kier alpha value is -2.29. The van der Waals surface area contributed by atoms with Crippen LogP contribution in [0, 0.1) is 0 Å². The zero-order valence-corrected chi connectivity index (χ0v) is 16.3. The molecular formula is C18H18ClN5O2S. The van der Waals surface area contributed by atoms with Gasteiger partial charge in [-0.15, -0.1) is 0 Å². The van der Waals surface area contributed by atoms with Gasteiger partial charge in [-0.3, -0.25) is 4.90 Å². The lowest BCUT2D eigenvalue weighted by molar-refractivity contribution is 0.239. The lowest BCUT2D eigenvalue weighted by Gasteiger charge is -2.27. The Kier molecular flexibility index (Phi) is 4.71. The second-order valence-corrected chi connectivity index (χ2v) is 8.85. The van der Waals surface area contributed by atoms with Gasteiger partial charge >= 0.3 is 0 Å². The summed E-state index contributed by atoms with van der Waals surface area (Å²) in [5.74, 6) is 0.745. The fourth-order valence-electron chi connectivity index (χ4n) is 3.12. The van der Waals surface area contributed by atoms with Gasteiger partial charge in [0.15, 0.2) is 5.15 Å². The Bertz CT molecular complexity index is 1080. The molecule has 0 unspecified atom stereocenters. The molecule has 3 aromatic rings. The minimum atomic E-state index is -3.39. The van der Waals surface area contributed by atoms with E-state index in [0.717, 1.165) is 41.1 Å². The van der Waals surface area contributed by atoms with Crippen molar-refractivity contribution in [2.75, 3.05) is 12.8 Å². The highest BCUT2D eigenvalue weighted by Crippen LogP contribution is 2.24. The Balaban J connectivity index is 1.52. The van der Waals surface area contributed by atoms with Crippen molar-refractivity contribution < 1.29 is 8.42 Å². The molecule has 0 radical (unpaired) electrons. The molecular weight excluding hydrogens is 386 g/mol. The smallest absolute Gasteiger partial charge is 0.246 e. The lowest BCUT2D eigenvalue weighted by Crippen LogP contribution is -2.31. The Morgan fingerprint density at radius 2 is 2.00 bits per heavy atom. The number of nitrogens with zero attached hydrogens (tertiary/aromatic N) is 4. The summed E-state index contributed by atoms with van der Waals surface area (Å²) in [6.07, 6.45) is 3.39. The van der Waals surface area contributed by atoms with Gasteiger partial charge < -0.3 is 4.98 Å². The van der Waals surface area contributed by atoms with Gasteiger partial charge in [0.05, 0.1) is 11.4 Å². The van der Waals surface area contributed by atoms with Crippen molar-refractivity contribution in [2.45, 2.75) is 24.7 Å². The van der Waals surface area contributed by atoms with Gasteiger partial charge in [-0.2, -0.15) is 0 Å². The van der Waals surface area contributed by atoms with Gasteiger partial charge in [0, 0.05) is 49.6 Å². The molecule has 0 bridgehead atoms. The van der Waals surface area contributed by atoms with E-state index in [1.54, 1.807) is 6.20 Å². The normalized spacial score (nSPS) is 14.9. The molecule has 1 aliphatic heterocycles. The maximum atomic E-state index is 11.6. The predicted molar refractivity (Wildman–Crippen MR) is 102 cm³/mol. The van der Waals surface area contributed by atoms with Crippen LogP contribution in [0.5, 0.6) is 0 Å². The first kappa shape index (κ1) is 18.1. The number of hydrogen-bond acceptors (Lipinski definition) is 6. The third-order valence-electron chi connectivity index (χ3n) is 4.48. The second kappa shape index (κ2) is 7.03. The van der Waals surface area contributed by atoms with Crippen LogP contribution in [-0.2, 0) is 29.3 Å². The van der Waals surface area contributed by atoms with Gasteiger partial charge in [0.25, 0.3) is 0 Å². The number of imidazole rings is 1. The van der Waals surface area contributed by atoms with Gasteiger partial charge in [0.1, 0.15) is 5.82 Å². The van der Waals surface area contributed by atoms with Crippen molar-refractivity contribution >= 4 is 21.4 Å². The predicted octanol–water partition coefficient (Wildman–Crippen LogP) is 2.48. The van der Waals surface area contributed by atoms with E-state index in [0.29, 0.717) is 24.7 Å². The molecule has 0 fully saturated rings. The van der Waals surface area contributed by atoms with E-state index in [9.17, 15) is 8.42 Å². The lowest BCUT2D eigenvalue weighted by atomic mass is 10.1. The molecule has 3 heterocycles. The van der Waals surface area contributed by atoms with Crippen LogP contribution < -0.4 is 0 Å². The summed E-state index contributed by atoms with van der Waals surface area (Å²) >= 11 is 6.32. The number of halogens is 1. The Morgan fingerprint density at radius 3 is 2.74 bits per heavy atom. The molecule has 7 nitrogen and oxygen atoms in total. The second-order valence-electron chi connectivity index (χ2n) is 6.58.